The first-order valence-electron chi connectivity index (χ1n) is 5.95. The van der Waals surface area contributed by atoms with Crippen molar-refractivity contribution in [3.63, 3.8) is 0 Å². The molecule has 0 saturated carbocycles. The summed E-state index contributed by atoms with van der Waals surface area (Å²) in [5.74, 6) is -4.25. The van der Waals surface area contributed by atoms with Crippen LogP contribution in [0.3, 0.4) is 0 Å². The van der Waals surface area contributed by atoms with Gasteiger partial charge in [-0.05, 0) is 19.1 Å². The number of nitrogens with zero attached hydrogens (tertiary/aromatic N) is 1. The van der Waals surface area contributed by atoms with E-state index in [9.17, 15) is 26.7 Å². The first kappa shape index (κ1) is 17.7. The van der Waals surface area contributed by atoms with Gasteiger partial charge in [0.15, 0.2) is 5.54 Å². The van der Waals surface area contributed by atoms with Crippen molar-refractivity contribution in [3.05, 3.63) is 29.8 Å². The van der Waals surface area contributed by atoms with Gasteiger partial charge in [0.05, 0.1) is 11.3 Å². The Morgan fingerprint density at radius 3 is 2.14 bits per heavy atom. The number of alkyl halides is 5. The van der Waals surface area contributed by atoms with E-state index >= 15 is 0 Å². The molecule has 1 aromatic carbocycles. The lowest BCUT2D eigenvalue weighted by molar-refractivity contribution is -0.249. The van der Waals surface area contributed by atoms with Crippen molar-refractivity contribution in [2.45, 2.75) is 31.5 Å². The van der Waals surface area contributed by atoms with Crippen LogP contribution in [0.4, 0.5) is 32.4 Å². The first-order valence-corrected chi connectivity index (χ1v) is 5.95. The number of carbonyl (C=O) groups excluding carboxylic acids is 1. The number of hydrogen-bond donors (Lipinski definition) is 2. The maximum Gasteiger partial charge on any atom is 0.417 e. The molecule has 0 bridgehead atoms. The first-order chi connectivity index (χ1) is 9.92. The Balaban J connectivity index is 3.02. The Bertz CT molecular complexity index is 587. The summed E-state index contributed by atoms with van der Waals surface area (Å²) in [6.45, 7) is 0.243. The number of hydrogen-bond acceptors (Lipinski definition) is 2. The normalized spacial score (nSPS) is 14.6. The zero-order valence-corrected chi connectivity index (χ0v) is 11.6. The lowest BCUT2D eigenvalue weighted by atomic mass is 9.94. The minimum atomic E-state index is -5.38. The van der Waals surface area contributed by atoms with Gasteiger partial charge in [-0.15, -0.1) is 0 Å². The summed E-state index contributed by atoms with van der Waals surface area (Å²) in [7, 11) is 0. The molecular formula is C13H12F5N3O. The largest absolute Gasteiger partial charge is 0.417 e. The number of carbonyl (C=O) groups is 1. The molecule has 0 aliphatic heterocycles. The van der Waals surface area contributed by atoms with Crippen molar-refractivity contribution in [1.29, 1.82) is 5.26 Å². The number of anilines is 1. The second kappa shape index (κ2) is 5.79. The van der Waals surface area contributed by atoms with Crippen LogP contribution in [0.2, 0.25) is 0 Å². The number of benzene rings is 1. The zero-order valence-electron chi connectivity index (χ0n) is 11.6. The summed E-state index contributed by atoms with van der Waals surface area (Å²) < 4.78 is 65.2. The van der Waals surface area contributed by atoms with Gasteiger partial charge < -0.3 is 10.6 Å². The SMILES string of the molecule is CC(F)(F)C(C)(NC(=O)Nc1ccccc1C#N)C(F)(F)F. The number of amides is 2. The van der Waals surface area contributed by atoms with E-state index in [0.717, 1.165) is 0 Å². The maximum atomic E-state index is 13.3. The smallest absolute Gasteiger partial charge is 0.319 e. The number of urea groups is 1. The minimum absolute atomic E-state index is 0.0189. The number of nitrogens with one attached hydrogen (secondary N) is 2. The van der Waals surface area contributed by atoms with E-state index in [-0.39, 0.29) is 25.1 Å². The van der Waals surface area contributed by atoms with Crippen LogP contribution in [0.5, 0.6) is 0 Å². The van der Waals surface area contributed by atoms with E-state index in [1.807, 2.05) is 5.32 Å². The molecule has 1 atom stereocenters. The van der Waals surface area contributed by atoms with Crippen molar-refractivity contribution >= 4 is 11.7 Å². The van der Waals surface area contributed by atoms with Gasteiger partial charge in [0.1, 0.15) is 6.07 Å². The standard InChI is InChI=1S/C13H12F5N3O/c1-11(12(2,14)15,13(16,17)18)21-10(22)20-9-6-4-3-5-8(9)7-19/h3-6H,1-2H3,(H2,20,21,22). The molecule has 0 radical (unpaired) electrons. The molecule has 120 valence electrons. The zero-order chi connectivity index (χ0) is 17.2. The van der Waals surface area contributed by atoms with Gasteiger partial charge in [0.2, 0.25) is 0 Å². The molecule has 0 spiro atoms. The van der Waals surface area contributed by atoms with Crippen LogP contribution < -0.4 is 10.6 Å². The summed E-state index contributed by atoms with van der Waals surface area (Å²) in [5.41, 5.74) is -3.87. The quantitative estimate of drug-likeness (QED) is 0.835. The number of para-hydroxylation sites is 1. The lowest BCUT2D eigenvalue weighted by Gasteiger charge is -2.37. The molecule has 0 fully saturated rings. The molecule has 0 aliphatic rings. The third kappa shape index (κ3) is 3.44. The highest BCUT2D eigenvalue weighted by Crippen LogP contribution is 2.41. The van der Waals surface area contributed by atoms with Crippen LogP contribution >= 0.6 is 0 Å². The second-order valence-electron chi connectivity index (χ2n) is 4.75. The van der Waals surface area contributed by atoms with E-state index in [4.69, 9.17) is 5.26 Å². The average Bonchev–Trinajstić information content (AvgIpc) is 2.36. The topological polar surface area (TPSA) is 64.9 Å². The van der Waals surface area contributed by atoms with Crippen LogP contribution in [0.15, 0.2) is 24.3 Å². The van der Waals surface area contributed by atoms with Crippen LogP contribution in [0.1, 0.15) is 19.4 Å². The summed E-state index contributed by atoms with van der Waals surface area (Å²) in [4.78, 5) is 11.6. The van der Waals surface area contributed by atoms with Gasteiger partial charge >= 0.3 is 12.2 Å². The van der Waals surface area contributed by atoms with Crippen molar-refractivity contribution in [1.82, 2.24) is 5.32 Å². The van der Waals surface area contributed by atoms with E-state index in [2.05, 4.69) is 0 Å². The number of nitriles is 1. The fourth-order valence-corrected chi connectivity index (χ4v) is 1.50. The lowest BCUT2D eigenvalue weighted by Crippen LogP contribution is -2.66. The highest BCUT2D eigenvalue weighted by Gasteiger charge is 2.65. The highest BCUT2D eigenvalue weighted by atomic mass is 19.4. The second-order valence-corrected chi connectivity index (χ2v) is 4.75. The summed E-state index contributed by atoms with van der Waals surface area (Å²) in [6, 6.07) is 5.68. The monoisotopic (exact) mass is 321 g/mol. The molecule has 0 aliphatic carbocycles. The molecule has 0 heterocycles. The average molecular weight is 321 g/mol. The van der Waals surface area contributed by atoms with Gasteiger partial charge in [-0.3, -0.25) is 0 Å². The third-order valence-corrected chi connectivity index (χ3v) is 3.10. The molecule has 1 aromatic rings. The van der Waals surface area contributed by atoms with E-state index < -0.39 is 23.7 Å². The van der Waals surface area contributed by atoms with Crippen molar-refractivity contribution in [2.24, 2.45) is 0 Å². The van der Waals surface area contributed by atoms with Crippen LogP contribution in [0.25, 0.3) is 0 Å². The van der Waals surface area contributed by atoms with Crippen molar-refractivity contribution < 1.29 is 26.7 Å². The summed E-state index contributed by atoms with van der Waals surface area (Å²) in [6.07, 6.45) is -5.38. The third-order valence-electron chi connectivity index (χ3n) is 3.10. The Labute approximate surface area is 122 Å². The molecule has 4 nitrogen and oxygen atoms in total. The van der Waals surface area contributed by atoms with Gasteiger partial charge in [0.25, 0.3) is 5.92 Å². The molecule has 1 rings (SSSR count). The Kier molecular flexibility index (Phi) is 4.65. The molecule has 2 N–H and O–H groups in total. The fraction of sp³-hybridized carbons (Fsp3) is 0.385. The van der Waals surface area contributed by atoms with Crippen LogP contribution in [0, 0.1) is 11.3 Å². The van der Waals surface area contributed by atoms with E-state index in [1.165, 1.54) is 29.6 Å². The molecule has 9 heteroatoms. The Morgan fingerprint density at radius 2 is 1.68 bits per heavy atom. The van der Waals surface area contributed by atoms with Crippen LogP contribution in [-0.4, -0.2) is 23.7 Å². The highest BCUT2D eigenvalue weighted by molar-refractivity contribution is 5.91. The summed E-state index contributed by atoms with van der Waals surface area (Å²) in [5, 5.41) is 12.0. The predicted octanol–water partition coefficient (Wildman–Crippen LogP) is 3.66. The van der Waals surface area contributed by atoms with Gasteiger partial charge in [-0.25, -0.2) is 13.6 Å². The van der Waals surface area contributed by atoms with Gasteiger partial charge in [-0.2, -0.15) is 18.4 Å². The molecule has 2 amide bonds. The number of rotatable bonds is 3. The molecule has 0 saturated heterocycles. The van der Waals surface area contributed by atoms with E-state index in [1.54, 1.807) is 6.07 Å². The minimum Gasteiger partial charge on any atom is -0.319 e. The number of halogens is 5. The van der Waals surface area contributed by atoms with Gasteiger partial charge in [-0.1, -0.05) is 12.1 Å². The molecular weight excluding hydrogens is 309 g/mol. The van der Waals surface area contributed by atoms with Crippen molar-refractivity contribution in [2.75, 3.05) is 5.32 Å². The van der Waals surface area contributed by atoms with E-state index in [0.29, 0.717) is 0 Å². The van der Waals surface area contributed by atoms with Gasteiger partial charge in [0, 0.05) is 6.92 Å². The summed E-state index contributed by atoms with van der Waals surface area (Å²) >= 11 is 0. The van der Waals surface area contributed by atoms with Crippen LogP contribution in [-0.2, 0) is 0 Å². The Hall–Kier alpha value is -2.37. The molecule has 0 aromatic heterocycles. The molecule has 1 unspecified atom stereocenters. The fourth-order valence-electron chi connectivity index (χ4n) is 1.50. The molecule has 22 heavy (non-hydrogen) atoms. The predicted molar refractivity (Wildman–Crippen MR) is 68.4 cm³/mol. The van der Waals surface area contributed by atoms with Crippen molar-refractivity contribution in [3.8, 4) is 6.07 Å². The maximum absolute atomic E-state index is 13.3. The Morgan fingerprint density at radius 1 is 1.14 bits per heavy atom.